The first-order valence-corrected chi connectivity index (χ1v) is 14.8. The maximum atomic E-state index is 6.43. The number of alkyl halides is 1. The quantitative estimate of drug-likeness (QED) is 0.206. The molecule has 204 valence electrons. The minimum Gasteiger partial charge on any atom is -0.491 e. The molecule has 3 heterocycles. The molecule has 3 aromatic carbocycles. The van der Waals surface area contributed by atoms with Gasteiger partial charge in [-0.2, -0.15) is 0 Å². The third kappa shape index (κ3) is 5.92. The molecule has 0 N–H and O–H groups in total. The lowest BCUT2D eigenvalue weighted by Gasteiger charge is -2.35. The van der Waals surface area contributed by atoms with E-state index >= 15 is 0 Å². The fraction of sp³-hybridized carbons (Fsp3) is 0.345. The predicted molar refractivity (Wildman–Crippen MR) is 156 cm³/mol. The van der Waals surface area contributed by atoms with Crippen molar-refractivity contribution in [1.82, 2.24) is 9.88 Å². The summed E-state index contributed by atoms with van der Waals surface area (Å²) in [6, 6.07) is 21.4. The first-order chi connectivity index (χ1) is 19.0. The maximum Gasteiger partial charge on any atom is 0.209 e. The van der Waals surface area contributed by atoms with Crippen molar-refractivity contribution in [2.75, 3.05) is 49.6 Å². The smallest absolute Gasteiger partial charge is 0.209 e. The second-order valence-corrected chi connectivity index (χ2v) is 11.1. The molecule has 0 amide bonds. The number of piperazine rings is 1. The van der Waals surface area contributed by atoms with Gasteiger partial charge in [-0.05, 0) is 48.5 Å². The highest BCUT2D eigenvalue weighted by Gasteiger charge is 2.44. The molecule has 0 spiro atoms. The Kier molecular flexibility index (Phi) is 8.03. The maximum absolute atomic E-state index is 6.43. The van der Waals surface area contributed by atoms with Crippen LogP contribution in [0, 0.1) is 0 Å². The van der Waals surface area contributed by atoms with Crippen LogP contribution in [0.25, 0.3) is 11.1 Å². The highest BCUT2D eigenvalue weighted by molar-refractivity contribution is 9.09. The fourth-order valence-electron chi connectivity index (χ4n) is 5.01. The van der Waals surface area contributed by atoms with Crippen LogP contribution in [0.5, 0.6) is 5.75 Å². The third-order valence-corrected chi connectivity index (χ3v) is 8.37. The van der Waals surface area contributed by atoms with Crippen molar-refractivity contribution >= 4 is 55.9 Å². The molecule has 2 fully saturated rings. The van der Waals surface area contributed by atoms with Crippen LogP contribution in [0.2, 0.25) is 10.0 Å². The molecule has 4 aromatic rings. The molecule has 0 bridgehead atoms. The average molecular weight is 633 g/mol. The summed E-state index contributed by atoms with van der Waals surface area (Å²) < 4.78 is 24.3. The van der Waals surface area contributed by atoms with Gasteiger partial charge in [-0.3, -0.25) is 4.90 Å². The molecule has 1 aromatic heterocycles. The van der Waals surface area contributed by atoms with Gasteiger partial charge < -0.3 is 23.5 Å². The van der Waals surface area contributed by atoms with E-state index in [0.717, 1.165) is 61.0 Å². The van der Waals surface area contributed by atoms with E-state index in [2.05, 4.69) is 42.8 Å². The Hall–Kier alpha value is -2.33. The number of benzene rings is 3. The standard InChI is InChI=1S/C29H28BrCl2N3O4/c30-19-29(24-10-5-20(31)15-25(24)32)37-18-23(39-29)17-36-22-8-6-21(7-9-22)35-13-11-34(12-14-35)16-28-33-26-3-1-2-4-27(26)38-28/h1-10,15,23H,11-14,16-19H2/t23-,29-/m1/s1. The summed E-state index contributed by atoms with van der Waals surface area (Å²) in [6.45, 7) is 5.27. The number of rotatable bonds is 8. The van der Waals surface area contributed by atoms with Crippen LogP contribution in [0.1, 0.15) is 11.5 Å². The number of fused-ring (bicyclic) bond motifs is 1. The average Bonchev–Trinajstić information content (AvgIpc) is 3.57. The lowest BCUT2D eigenvalue weighted by molar-refractivity contribution is -0.159. The van der Waals surface area contributed by atoms with E-state index in [1.165, 1.54) is 5.69 Å². The Morgan fingerprint density at radius 1 is 1.00 bits per heavy atom. The lowest BCUT2D eigenvalue weighted by Crippen LogP contribution is -2.46. The Balaban J connectivity index is 0.991. The van der Waals surface area contributed by atoms with Crippen LogP contribution >= 0.6 is 39.1 Å². The van der Waals surface area contributed by atoms with Crippen LogP contribution in [0.4, 0.5) is 5.69 Å². The molecular formula is C29H28BrCl2N3O4. The SMILES string of the molecule is Clc1ccc([C@]2(CBr)OC[C@@H](COc3ccc(N4CCN(Cc5nc6ccccc6o5)CC4)cc3)O2)c(Cl)c1. The molecule has 2 atom stereocenters. The van der Waals surface area contributed by atoms with E-state index < -0.39 is 5.79 Å². The zero-order valence-corrected chi connectivity index (χ0v) is 24.3. The van der Waals surface area contributed by atoms with Gasteiger partial charge in [-0.1, -0.05) is 57.3 Å². The number of para-hydroxylation sites is 2. The van der Waals surface area contributed by atoms with Crippen LogP contribution in [0.15, 0.2) is 71.1 Å². The second kappa shape index (κ2) is 11.6. The number of anilines is 1. The van der Waals surface area contributed by atoms with Crippen LogP contribution in [-0.4, -0.2) is 60.7 Å². The first-order valence-electron chi connectivity index (χ1n) is 12.9. The van der Waals surface area contributed by atoms with Gasteiger partial charge in [-0.25, -0.2) is 4.98 Å². The van der Waals surface area contributed by atoms with Crippen molar-refractivity contribution in [3.05, 3.63) is 88.2 Å². The molecule has 0 radical (unpaired) electrons. The summed E-state index contributed by atoms with van der Waals surface area (Å²) in [5.74, 6) is 0.590. The van der Waals surface area contributed by atoms with Gasteiger partial charge in [0.2, 0.25) is 11.7 Å². The minimum atomic E-state index is -0.970. The Morgan fingerprint density at radius 2 is 1.79 bits per heavy atom. The largest absolute Gasteiger partial charge is 0.491 e. The lowest BCUT2D eigenvalue weighted by atomic mass is 10.1. The first kappa shape index (κ1) is 26.9. The van der Waals surface area contributed by atoms with E-state index in [4.69, 9.17) is 41.8 Å². The van der Waals surface area contributed by atoms with Gasteiger partial charge in [0.15, 0.2) is 5.58 Å². The number of ether oxygens (including phenoxy) is 3. The normalized spacial score (nSPS) is 22.0. The molecular weight excluding hydrogens is 605 g/mol. The number of halogens is 3. The Morgan fingerprint density at radius 3 is 2.54 bits per heavy atom. The van der Waals surface area contributed by atoms with Crippen molar-refractivity contribution in [2.24, 2.45) is 0 Å². The fourth-order valence-corrected chi connectivity index (χ4v) is 6.16. The van der Waals surface area contributed by atoms with E-state index in [1.807, 2.05) is 42.5 Å². The summed E-state index contributed by atoms with van der Waals surface area (Å²) in [7, 11) is 0. The highest BCUT2D eigenvalue weighted by Crippen LogP contribution is 2.40. The van der Waals surface area contributed by atoms with Gasteiger partial charge in [0.05, 0.1) is 23.5 Å². The molecule has 39 heavy (non-hydrogen) atoms. The summed E-state index contributed by atoms with van der Waals surface area (Å²) in [4.78, 5) is 9.38. The Bertz CT molecular complexity index is 1390. The van der Waals surface area contributed by atoms with Crippen LogP contribution < -0.4 is 9.64 Å². The number of oxazole rings is 1. The van der Waals surface area contributed by atoms with E-state index in [1.54, 1.807) is 12.1 Å². The molecule has 10 heteroatoms. The van der Waals surface area contributed by atoms with Crippen LogP contribution in [-0.2, 0) is 21.8 Å². The molecule has 2 saturated heterocycles. The van der Waals surface area contributed by atoms with E-state index in [0.29, 0.717) is 28.6 Å². The Labute approximate surface area is 245 Å². The highest BCUT2D eigenvalue weighted by atomic mass is 79.9. The van der Waals surface area contributed by atoms with Crippen molar-refractivity contribution in [2.45, 2.75) is 18.4 Å². The summed E-state index contributed by atoms with van der Waals surface area (Å²) in [5.41, 5.74) is 3.67. The second-order valence-electron chi connectivity index (χ2n) is 9.71. The molecule has 0 unspecified atom stereocenters. The molecule has 7 nitrogen and oxygen atoms in total. The summed E-state index contributed by atoms with van der Waals surface area (Å²) >= 11 is 16.0. The zero-order chi connectivity index (χ0) is 26.8. The van der Waals surface area contributed by atoms with Crippen molar-refractivity contribution in [3.63, 3.8) is 0 Å². The van der Waals surface area contributed by atoms with Gasteiger partial charge in [0.1, 0.15) is 24.0 Å². The third-order valence-electron chi connectivity index (χ3n) is 7.08. The van der Waals surface area contributed by atoms with Crippen molar-refractivity contribution in [1.29, 1.82) is 0 Å². The molecule has 0 aliphatic carbocycles. The van der Waals surface area contributed by atoms with Crippen molar-refractivity contribution < 1.29 is 18.6 Å². The summed E-state index contributed by atoms with van der Waals surface area (Å²) in [6.07, 6.45) is -0.233. The minimum absolute atomic E-state index is 0.233. The number of aromatic nitrogens is 1. The molecule has 2 aliphatic rings. The molecule has 0 saturated carbocycles. The summed E-state index contributed by atoms with van der Waals surface area (Å²) in [5, 5.41) is 1.51. The van der Waals surface area contributed by atoms with Crippen molar-refractivity contribution in [3.8, 4) is 5.75 Å². The number of hydrogen-bond donors (Lipinski definition) is 0. The topological polar surface area (TPSA) is 60.2 Å². The zero-order valence-electron chi connectivity index (χ0n) is 21.2. The van der Waals surface area contributed by atoms with Gasteiger partial charge in [-0.15, -0.1) is 0 Å². The molecule has 6 rings (SSSR count). The van der Waals surface area contributed by atoms with E-state index in [-0.39, 0.29) is 6.10 Å². The monoisotopic (exact) mass is 631 g/mol. The number of hydrogen-bond acceptors (Lipinski definition) is 7. The van der Waals surface area contributed by atoms with Crippen LogP contribution in [0.3, 0.4) is 0 Å². The predicted octanol–water partition coefficient (Wildman–Crippen LogP) is 6.50. The number of nitrogens with zero attached hydrogens (tertiary/aromatic N) is 3. The van der Waals surface area contributed by atoms with Gasteiger partial charge in [0, 0.05) is 42.5 Å². The van der Waals surface area contributed by atoms with Gasteiger partial charge >= 0.3 is 0 Å². The van der Waals surface area contributed by atoms with E-state index in [9.17, 15) is 0 Å². The van der Waals surface area contributed by atoms with Gasteiger partial charge in [0.25, 0.3) is 0 Å². The molecule has 2 aliphatic heterocycles.